The maximum atomic E-state index is 13.3. The van der Waals surface area contributed by atoms with Crippen LogP contribution in [0.2, 0.25) is 0 Å². The van der Waals surface area contributed by atoms with Crippen molar-refractivity contribution in [1.82, 2.24) is 0 Å². The molecule has 0 spiro atoms. The Kier molecular flexibility index (Phi) is 29.6. The minimum Gasteiger partial charge on any atom is -0.868 e. The third-order valence-electron chi connectivity index (χ3n) is 21.4. The van der Waals surface area contributed by atoms with Gasteiger partial charge in [0.15, 0.2) is 14.3 Å². The number of hydrogen-bond acceptors (Lipinski definition) is 13. The smallest absolute Gasteiger partial charge is 0.426 e. The Bertz CT molecular complexity index is 3870. The lowest BCUT2D eigenvalue weighted by Crippen LogP contribution is -3.06. The fraction of sp³-hybridized carbons (Fsp3) is 0.585. The standard InChI is InChI=1S/C20H29F3O7S.C18H13S.C15H29NO2.C13H24O2.C10H14O.C6H3F2IO/c1-4-17(2,3)15(24)30-19-8-12-5-13(9-19)7-18(6-12,11-19)16(25)29-14(20(21,22)23)10-31(26,27)28;1-2-8-14(9-3-1)19-17-12-6-4-10-15(17)16-11-5-7-13-18(16)19;1-8-13(2,3)12(17)18-11-9-14(4,5)16-15(6,7)10-11;1-5-12(2,3)11(14)15-13(4)9-7-6-8-10-13;1-3-8(2)9-4-6-10(11)7-5-9;7-3-1-2-4(9)5(8)6(3)10/h12-14H,4-11H2,1-3H3,(H,26,27,28);1-13H;11,16H,8-10H2,1-7H3;5-10H2,1-4H3;4-8,11H,3H2,1-2H3;1-2,10H/q;+1;;;;/p-1. The summed E-state index contributed by atoms with van der Waals surface area (Å²) in [5.74, 6) is -5.81. The van der Waals surface area contributed by atoms with Gasteiger partial charge in [0.1, 0.15) is 34.7 Å². The number of carbonyl (C=O) groups excluding carboxylic acids is 4. The van der Waals surface area contributed by atoms with Crippen LogP contribution in [0.25, 0.3) is 25.1 Å². The van der Waals surface area contributed by atoms with E-state index in [2.05, 4.69) is 137 Å². The summed E-state index contributed by atoms with van der Waals surface area (Å²) in [4.78, 5) is 51.2. The zero-order valence-electron chi connectivity index (χ0n) is 63.6. The first-order chi connectivity index (χ1) is 48.2. The van der Waals surface area contributed by atoms with Crippen molar-refractivity contribution in [2.45, 2.75) is 267 Å². The molecule has 5 aromatic carbocycles. The molecule has 5 saturated carbocycles. The highest BCUT2D eigenvalue weighted by Crippen LogP contribution is 2.64. The minimum atomic E-state index is -5.27. The van der Waals surface area contributed by atoms with Gasteiger partial charge >= 0.3 is 30.1 Å². The van der Waals surface area contributed by atoms with Gasteiger partial charge in [-0.2, -0.15) is 13.2 Å². The van der Waals surface area contributed by atoms with Crippen LogP contribution in [0, 0.1) is 48.7 Å². The van der Waals surface area contributed by atoms with Crippen LogP contribution in [0.15, 0.2) is 115 Å². The van der Waals surface area contributed by atoms with Crippen LogP contribution in [0.4, 0.5) is 22.0 Å². The van der Waals surface area contributed by atoms with E-state index in [9.17, 15) is 59.2 Å². The van der Waals surface area contributed by atoms with Gasteiger partial charge < -0.3 is 39.0 Å². The number of hydrogen-bond donors (Lipinski definition) is 2. The second-order valence-electron chi connectivity index (χ2n) is 32.8. The van der Waals surface area contributed by atoms with Gasteiger partial charge in [0.25, 0.3) is 0 Å². The third-order valence-corrected chi connectivity index (χ3v) is 25.3. The molecule has 0 amide bonds. The van der Waals surface area contributed by atoms with Crippen LogP contribution in [0.5, 0.6) is 11.5 Å². The maximum Gasteiger partial charge on any atom is 0.426 e. The molecule has 1 aliphatic heterocycles. The van der Waals surface area contributed by atoms with Gasteiger partial charge in [-0.15, -0.1) is 0 Å². The lowest BCUT2D eigenvalue weighted by Gasteiger charge is -2.60. The number of esters is 4. The molecule has 1 aromatic heterocycles. The summed E-state index contributed by atoms with van der Waals surface area (Å²) in [6.07, 6.45) is 5.29. The Hall–Kier alpha value is -5.95. The molecule has 4 unspecified atom stereocenters. The largest absolute Gasteiger partial charge is 0.868 e. The fourth-order valence-corrected chi connectivity index (χ4v) is 18.2. The number of rotatable bonds is 16. The number of aromatic hydroxyl groups is 1. The maximum absolute atomic E-state index is 13.3. The molecular weight excluding hydrogens is 1490 g/mol. The van der Waals surface area contributed by atoms with Crippen LogP contribution < -0.4 is 10.4 Å². The third kappa shape index (κ3) is 23.8. The van der Waals surface area contributed by atoms with E-state index in [1.54, 1.807) is 48.6 Å². The predicted octanol–water partition coefficient (Wildman–Crippen LogP) is 19.5. The molecule has 6 aromatic rings. The Morgan fingerprint density at radius 3 is 1.59 bits per heavy atom. The molecule has 0 radical (unpaired) electrons. The van der Waals surface area contributed by atoms with Gasteiger partial charge in [0, 0.05) is 44.1 Å². The van der Waals surface area contributed by atoms with Crippen molar-refractivity contribution in [3.63, 3.8) is 0 Å². The highest BCUT2D eigenvalue weighted by atomic mass is 127. The molecule has 104 heavy (non-hydrogen) atoms. The quantitative estimate of drug-likeness (QED) is 0.0175. The molecule has 6 fully saturated rings. The van der Waals surface area contributed by atoms with E-state index in [1.165, 1.54) is 56.0 Å². The molecular formula is C82H111F5INO13S2. The van der Waals surface area contributed by atoms with E-state index in [0.717, 1.165) is 57.4 Å². The van der Waals surface area contributed by atoms with Gasteiger partial charge in [-0.1, -0.05) is 95.6 Å². The van der Waals surface area contributed by atoms with Crippen molar-refractivity contribution in [1.29, 1.82) is 0 Å². The number of halogens is 6. The molecule has 2 heterocycles. The summed E-state index contributed by atoms with van der Waals surface area (Å²) in [6, 6.07) is 38.0. The fourth-order valence-electron chi connectivity index (χ4n) is 14.7. The number of alkyl halides is 3. The molecule has 576 valence electrons. The topological polar surface area (TPSA) is 222 Å². The van der Waals surface area contributed by atoms with Crippen molar-refractivity contribution >= 4 is 87.2 Å². The van der Waals surface area contributed by atoms with Crippen LogP contribution in [0.1, 0.15) is 231 Å². The summed E-state index contributed by atoms with van der Waals surface area (Å²) in [7, 11) is -5.21. The zero-order valence-corrected chi connectivity index (χ0v) is 67.4. The van der Waals surface area contributed by atoms with Crippen LogP contribution in [0.3, 0.4) is 0 Å². The summed E-state index contributed by atoms with van der Waals surface area (Å²) < 4.78 is 122. The first-order valence-electron chi connectivity index (χ1n) is 36.5. The van der Waals surface area contributed by atoms with Gasteiger partial charge in [0.05, 0.1) is 48.6 Å². The van der Waals surface area contributed by atoms with Gasteiger partial charge in [-0.25, -0.2) is 17.2 Å². The van der Waals surface area contributed by atoms with E-state index in [0.29, 0.717) is 43.8 Å². The van der Waals surface area contributed by atoms with Gasteiger partial charge in [-0.3, -0.25) is 19.2 Å². The number of benzene rings is 5. The van der Waals surface area contributed by atoms with Crippen molar-refractivity contribution < 1.29 is 88.6 Å². The molecule has 1 saturated heterocycles. The molecule has 5 aliphatic carbocycles. The average molecular weight is 1600 g/mol. The van der Waals surface area contributed by atoms with E-state index in [-0.39, 0.29) is 77.8 Å². The minimum absolute atomic E-state index is 0.00100. The summed E-state index contributed by atoms with van der Waals surface area (Å²) >= 11 is 1.62. The summed E-state index contributed by atoms with van der Waals surface area (Å²) in [5.41, 5.74) is -2.27. The first-order valence-corrected chi connectivity index (χ1v) is 40.4. The van der Waals surface area contributed by atoms with E-state index in [4.69, 9.17) is 19.3 Å². The van der Waals surface area contributed by atoms with Crippen LogP contribution in [-0.4, -0.2) is 88.4 Å². The van der Waals surface area contributed by atoms with E-state index in [1.807, 2.05) is 60.6 Å². The summed E-state index contributed by atoms with van der Waals surface area (Å²) in [5, 5.41) is 24.6. The SMILES string of the molecule is CCC(C)(C)C(=O)OC1(C)CCCCC1.CCC(C)(C)C(=O)OC12CC3CC(C1)CC(C(=O)OC(CS(=O)(=O)[O-])C(F)(F)F)(C3)C2.CCC(C)(C)C(=O)OC1CC(C)(C)[NH2+]C(C)(C)C1.CCC(C)c1ccc(O)cc1.[O-]c1c(F)ccc(I)c1F.c1ccc(-[s+]2c3ccccc3c3ccccc32)cc1. The number of ether oxygens (including phenoxy) is 4. The molecule has 4 bridgehead atoms. The molecule has 22 heteroatoms. The molecule has 3 N–H and O–H groups in total. The number of carbonyl (C=O) groups is 4. The highest BCUT2D eigenvalue weighted by Gasteiger charge is 2.64. The van der Waals surface area contributed by atoms with Crippen molar-refractivity contribution in [2.24, 2.45) is 33.5 Å². The van der Waals surface area contributed by atoms with Crippen LogP contribution >= 0.6 is 33.1 Å². The van der Waals surface area contributed by atoms with E-state index >= 15 is 0 Å². The Balaban J connectivity index is 0.000000205. The number of thiophene rings is 1. The average Bonchev–Trinajstić information content (AvgIpc) is 0.885. The Morgan fingerprint density at radius 1 is 0.654 bits per heavy atom. The van der Waals surface area contributed by atoms with Gasteiger partial charge in [-0.05, 0) is 272 Å². The molecule has 6 aliphatic rings. The van der Waals surface area contributed by atoms with Crippen LogP contribution in [-0.2, 0) is 48.2 Å². The monoisotopic (exact) mass is 1600 g/mol. The number of nitrogens with two attached hydrogens (primary N) is 1. The second-order valence-corrected chi connectivity index (χ2v) is 37.4. The predicted molar refractivity (Wildman–Crippen MR) is 406 cm³/mol. The lowest BCUT2D eigenvalue weighted by atomic mass is 9.48. The number of phenolic OH excluding ortho intramolecular Hbond substituents is 1. The molecule has 12 rings (SSSR count). The number of fused-ring (bicyclic) bond motifs is 3. The van der Waals surface area contributed by atoms with Crippen molar-refractivity contribution in [3.8, 4) is 16.4 Å². The molecule has 14 nitrogen and oxygen atoms in total. The summed E-state index contributed by atoms with van der Waals surface area (Å²) in [6.45, 7) is 32.6. The van der Waals surface area contributed by atoms with Crippen molar-refractivity contribution in [3.05, 3.63) is 136 Å². The zero-order chi connectivity index (χ0) is 77.8. The lowest BCUT2D eigenvalue weighted by molar-refractivity contribution is -0.789. The number of piperidine rings is 1. The Morgan fingerprint density at radius 2 is 1.12 bits per heavy atom. The Labute approximate surface area is 630 Å². The normalized spacial score (nSPS) is 21.6. The number of phenols is 1. The second kappa shape index (κ2) is 35.4. The highest BCUT2D eigenvalue weighted by molar-refractivity contribution is 14.1. The van der Waals surface area contributed by atoms with Crippen molar-refractivity contribution in [2.75, 3.05) is 5.75 Å². The van der Waals surface area contributed by atoms with Gasteiger partial charge in [0.2, 0.25) is 6.10 Å². The molecule has 4 atom stereocenters. The van der Waals surface area contributed by atoms with E-state index < -0.39 is 73.9 Å². The first kappa shape index (κ1) is 87.0. The number of quaternary nitrogens is 1.